The second-order valence-electron chi connectivity index (χ2n) is 4.70. The number of aromatic nitrogens is 2. The van der Waals surface area contributed by atoms with Crippen molar-refractivity contribution in [1.82, 2.24) is 9.78 Å². The molecule has 0 aliphatic rings. The van der Waals surface area contributed by atoms with Crippen molar-refractivity contribution >= 4 is 10.9 Å². The van der Waals surface area contributed by atoms with Crippen molar-refractivity contribution < 1.29 is 5.11 Å². The monoisotopic (exact) mass is 204 g/mol. The first-order chi connectivity index (χ1) is 6.94. The predicted octanol–water partition coefficient (Wildman–Crippen LogP) is 2.12. The van der Waals surface area contributed by atoms with Crippen molar-refractivity contribution in [1.29, 1.82) is 0 Å². The minimum Gasteiger partial charge on any atom is -0.389 e. The number of aryl methyl sites for hydroxylation is 1. The molecule has 1 aromatic carbocycles. The van der Waals surface area contributed by atoms with Gasteiger partial charge in [0.2, 0.25) is 0 Å². The van der Waals surface area contributed by atoms with Gasteiger partial charge in [-0.1, -0.05) is 11.6 Å². The van der Waals surface area contributed by atoms with E-state index in [4.69, 9.17) is 0 Å². The number of aliphatic hydroxyl groups is 1. The lowest BCUT2D eigenvalue weighted by Crippen LogP contribution is -2.26. The molecule has 1 N–H and O–H groups in total. The van der Waals surface area contributed by atoms with Gasteiger partial charge in [0.05, 0.1) is 17.7 Å². The molecule has 0 saturated carbocycles. The molecule has 0 spiro atoms. The van der Waals surface area contributed by atoms with Gasteiger partial charge in [-0.2, -0.15) is 5.10 Å². The summed E-state index contributed by atoms with van der Waals surface area (Å²) >= 11 is 0. The smallest absolute Gasteiger partial charge is 0.0923 e. The summed E-state index contributed by atoms with van der Waals surface area (Å²) in [6.07, 6.45) is 1.97. The fourth-order valence-corrected chi connectivity index (χ4v) is 1.67. The van der Waals surface area contributed by atoms with Gasteiger partial charge in [-0.25, -0.2) is 0 Å². The van der Waals surface area contributed by atoms with E-state index in [-0.39, 0.29) is 0 Å². The highest BCUT2D eigenvalue weighted by Crippen LogP contribution is 2.15. The van der Waals surface area contributed by atoms with Crippen LogP contribution in [-0.4, -0.2) is 20.5 Å². The van der Waals surface area contributed by atoms with E-state index in [0.717, 1.165) is 10.9 Å². The van der Waals surface area contributed by atoms with E-state index < -0.39 is 5.60 Å². The Bertz CT molecular complexity index is 480. The van der Waals surface area contributed by atoms with Gasteiger partial charge in [-0.15, -0.1) is 0 Å². The highest BCUT2D eigenvalue weighted by Gasteiger charge is 2.14. The Labute approximate surface area is 89.3 Å². The van der Waals surface area contributed by atoms with Gasteiger partial charge in [-0.3, -0.25) is 4.68 Å². The lowest BCUT2D eigenvalue weighted by Gasteiger charge is -2.16. The van der Waals surface area contributed by atoms with Gasteiger partial charge in [-0.05, 0) is 32.9 Å². The lowest BCUT2D eigenvalue weighted by molar-refractivity contribution is 0.0580. The second-order valence-corrected chi connectivity index (χ2v) is 4.70. The van der Waals surface area contributed by atoms with E-state index in [1.54, 1.807) is 18.5 Å². The maximum Gasteiger partial charge on any atom is 0.0923 e. The van der Waals surface area contributed by atoms with Crippen LogP contribution in [0.2, 0.25) is 0 Å². The highest BCUT2D eigenvalue weighted by molar-refractivity contribution is 5.78. The number of hydrogen-bond donors (Lipinski definition) is 1. The fraction of sp³-hybridized carbons (Fsp3) is 0.417. The van der Waals surface area contributed by atoms with Crippen LogP contribution in [0.4, 0.5) is 0 Å². The zero-order chi connectivity index (χ0) is 11.1. The van der Waals surface area contributed by atoms with E-state index in [2.05, 4.69) is 18.1 Å². The van der Waals surface area contributed by atoms with E-state index in [1.165, 1.54) is 5.56 Å². The number of fused-ring (bicyclic) bond motifs is 1. The van der Waals surface area contributed by atoms with E-state index >= 15 is 0 Å². The standard InChI is InChI=1S/C12H16N2O/c1-9-4-5-11-10(6-9)7-14(13-11)8-12(2,3)15/h4-7,15H,8H2,1-3H3. The highest BCUT2D eigenvalue weighted by atomic mass is 16.3. The Kier molecular flexibility index (Phi) is 2.27. The van der Waals surface area contributed by atoms with Gasteiger partial charge >= 0.3 is 0 Å². The summed E-state index contributed by atoms with van der Waals surface area (Å²) in [6, 6.07) is 6.15. The minimum atomic E-state index is -0.725. The van der Waals surface area contributed by atoms with Crippen LogP contribution in [0.3, 0.4) is 0 Å². The van der Waals surface area contributed by atoms with Gasteiger partial charge in [0.1, 0.15) is 0 Å². The summed E-state index contributed by atoms with van der Waals surface area (Å²) in [5.74, 6) is 0. The maximum atomic E-state index is 9.69. The Morgan fingerprint density at radius 2 is 2.13 bits per heavy atom. The van der Waals surface area contributed by atoms with Gasteiger partial charge < -0.3 is 5.11 Å². The molecule has 80 valence electrons. The molecule has 2 aromatic rings. The zero-order valence-electron chi connectivity index (χ0n) is 9.36. The number of benzene rings is 1. The third-order valence-electron chi connectivity index (χ3n) is 2.26. The van der Waals surface area contributed by atoms with Crippen LogP contribution in [0.15, 0.2) is 24.4 Å². The van der Waals surface area contributed by atoms with Crippen LogP contribution >= 0.6 is 0 Å². The van der Waals surface area contributed by atoms with Crippen molar-refractivity contribution in [2.75, 3.05) is 0 Å². The summed E-state index contributed by atoms with van der Waals surface area (Å²) in [5.41, 5.74) is 1.48. The van der Waals surface area contributed by atoms with Gasteiger partial charge in [0.15, 0.2) is 0 Å². The van der Waals surface area contributed by atoms with Crippen molar-refractivity contribution in [2.24, 2.45) is 0 Å². The first-order valence-corrected chi connectivity index (χ1v) is 5.10. The fourth-order valence-electron chi connectivity index (χ4n) is 1.67. The molecule has 3 nitrogen and oxygen atoms in total. The Morgan fingerprint density at radius 3 is 2.80 bits per heavy atom. The van der Waals surface area contributed by atoms with Crippen LogP contribution in [0.1, 0.15) is 19.4 Å². The van der Waals surface area contributed by atoms with Crippen molar-refractivity contribution in [2.45, 2.75) is 32.9 Å². The van der Waals surface area contributed by atoms with E-state index in [9.17, 15) is 5.11 Å². The zero-order valence-corrected chi connectivity index (χ0v) is 9.36. The molecule has 0 amide bonds. The molecule has 0 radical (unpaired) electrons. The molecule has 1 heterocycles. The topological polar surface area (TPSA) is 38.0 Å². The summed E-state index contributed by atoms with van der Waals surface area (Å²) < 4.78 is 1.80. The second kappa shape index (κ2) is 3.35. The maximum absolute atomic E-state index is 9.69. The molecule has 0 atom stereocenters. The quantitative estimate of drug-likeness (QED) is 0.813. The Hall–Kier alpha value is -1.35. The molecular formula is C12H16N2O. The molecule has 15 heavy (non-hydrogen) atoms. The Balaban J connectivity index is 2.39. The Morgan fingerprint density at radius 1 is 1.40 bits per heavy atom. The molecule has 3 heteroatoms. The predicted molar refractivity (Wildman–Crippen MR) is 60.8 cm³/mol. The third kappa shape index (κ3) is 2.36. The molecule has 0 aliphatic carbocycles. The average molecular weight is 204 g/mol. The molecule has 0 fully saturated rings. The summed E-state index contributed by atoms with van der Waals surface area (Å²) in [4.78, 5) is 0. The average Bonchev–Trinajstić information content (AvgIpc) is 2.42. The number of nitrogens with zero attached hydrogens (tertiary/aromatic N) is 2. The molecule has 0 unspecified atom stereocenters. The van der Waals surface area contributed by atoms with Crippen LogP contribution in [-0.2, 0) is 6.54 Å². The minimum absolute atomic E-state index is 0.515. The summed E-state index contributed by atoms with van der Waals surface area (Å²) in [7, 11) is 0. The van der Waals surface area contributed by atoms with Crippen molar-refractivity contribution in [3.8, 4) is 0 Å². The first kappa shape index (κ1) is 10.2. The molecule has 0 bridgehead atoms. The molecule has 2 rings (SSSR count). The number of hydrogen-bond acceptors (Lipinski definition) is 2. The van der Waals surface area contributed by atoms with Crippen molar-refractivity contribution in [3.63, 3.8) is 0 Å². The summed E-state index contributed by atoms with van der Waals surface area (Å²) in [5, 5.41) is 15.2. The first-order valence-electron chi connectivity index (χ1n) is 5.10. The molecule has 0 aliphatic heterocycles. The molecule has 1 aromatic heterocycles. The van der Waals surface area contributed by atoms with Crippen LogP contribution < -0.4 is 0 Å². The van der Waals surface area contributed by atoms with E-state index in [0.29, 0.717) is 6.54 Å². The lowest BCUT2D eigenvalue weighted by atomic mass is 10.1. The summed E-state index contributed by atoms with van der Waals surface area (Å²) in [6.45, 7) is 6.14. The van der Waals surface area contributed by atoms with Crippen LogP contribution in [0.5, 0.6) is 0 Å². The van der Waals surface area contributed by atoms with E-state index in [1.807, 2.05) is 18.3 Å². The normalized spacial score (nSPS) is 12.3. The third-order valence-corrected chi connectivity index (χ3v) is 2.26. The number of rotatable bonds is 2. The SMILES string of the molecule is Cc1ccc2nn(CC(C)(C)O)cc2c1. The van der Waals surface area contributed by atoms with Crippen molar-refractivity contribution in [3.05, 3.63) is 30.0 Å². The van der Waals surface area contributed by atoms with Crippen LogP contribution in [0.25, 0.3) is 10.9 Å². The molecule has 0 saturated heterocycles. The largest absolute Gasteiger partial charge is 0.389 e. The van der Waals surface area contributed by atoms with Gasteiger partial charge in [0, 0.05) is 11.6 Å². The van der Waals surface area contributed by atoms with Crippen LogP contribution in [0, 0.1) is 6.92 Å². The van der Waals surface area contributed by atoms with Gasteiger partial charge in [0.25, 0.3) is 0 Å². The molecular weight excluding hydrogens is 188 g/mol.